The zero-order chi connectivity index (χ0) is 12.5. The van der Waals surface area contributed by atoms with Gasteiger partial charge in [0.2, 0.25) is 5.95 Å². The van der Waals surface area contributed by atoms with Gasteiger partial charge in [0.1, 0.15) is 0 Å². The molecule has 1 fully saturated rings. The molecule has 2 N–H and O–H groups in total. The Morgan fingerprint density at radius 2 is 2.06 bits per heavy atom. The monoisotopic (exact) mass is 247 g/mol. The molecule has 1 aliphatic rings. The summed E-state index contributed by atoms with van der Waals surface area (Å²) in [5, 5.41) is 14.9. The summed E-state index contributed by atoms with van der Waals surface area (Å²) in [7, 11) is 1.91. The maximum Gasteiger partial charge on any atom is 0.245 e. The Hall–Kier alpha value is -1.89. The van der Waals surface area contributed by atoms with Crippen LogP contribution in [0.5, 0.6) is 0 Å². The van der Waals surface area contributed by atoms with Crippen molar-refractivity contribution in [2.75, 3.05) is 31.1 Å². The summed E-state index contributed by atoms with van der Waals surface area (Å²) in [5.74, 6) is 1.56. The van der Waals surface area contributed by atoms with Crippen LogP contribution in [0.2, 0.25) is 0 Å². The van der Waals surface area contributed by atoms with Crippen molar-refractivity contribution >= 4 is 5.95 Å². The van der Waals surface area contributed by atoms with E-state index in [1.807, 2.05) is 20.2 Å². The minimum absolute atomic E-state index is 0.773. The van der Waals surface area contributed by atoms with Gasteiger partial charge in [0, 0.05) is 39.4 Å². The Balaban J connectivity index is 1.86. The molecule has 0 aliphatic carbocycles. The number of hydrogen-bond donors (Lipinski definition) is 2. The molecule has 0 radical (unpaired) electrons. The highest BCUT2D eigenvalue weighted by molar-refractivity contribution is 5.58. The van der Waals surface area contributed by atoms with Crippen LogP contribution in [0.1, 0.15) is 5.69 Å². The highest BCUT2D eigenvalue weighted by Crippen LogP contribution is 2.20. The van der Waals surface area contributed by atoms with E-state index in [1.54, 1.807) is 4.68 Å². The molecular weight excluding hydrogens is 230 g/mol. The summed E-state index contributed by atoms with van der Waals surface area (Å²) in [6, 6.07) is 0. The molecule has 0 bridgehead atoms. The molecule has 18 heavy (non-hydrogen) atoms. The fourth-order valence-electron chi connectivity index (χ4n) is 2.21. The lowest BCUT2D eigenvalue weighted by atomic mass is 10.2. The molecule has 1 aliphatic heterocycles. The molecule has 0 atom stereocenters. The SMILES string of the molecule is Cc1nn(C)cc1-c1nc(N2CCNCC2)n[nH]1. The Morgan fingerprint density at radius 3 is 2.72 bits per heavy atom. The van der Waals surface area contributed by atoms with E-state index in [0.717, 1.165) is 49.2 Å². The van der Waals surface area contributed by atoms with Crippen molar-refractivity contribution in [2.24, 2.45) is 7.05 Å². The minimum Gasteiger partial charge on any atom is -0.337 e. The summed E-state index contributed by atoms with van der Waals surface area (Å²) in [6.45, 7) is 5.83. The molecular formula is C11H17N7. The number of anilines is 1. The van der Waals surface area contributed by atoms with E-state index >= 15 is 0 Å². The van der Waals surface area contributed by atoms with Gasteiger partial charge in [-0.1, -0.05) is 0 Å². The zero-order valence-electron chi connectivity index (χ0n) is 10.6. The fraction of sp³-hybridized carbons (Fsp3) is 0.545. The predicted octanol–water partition coefficient (Wildman–Crippen LogP) is -0.0768. The molecule has 0 amide bonds. The van der Waals surface area contributed by atoms with Gasteiger partial charge >= 0.3 is 0 Å². The zero-order valence-corrected chi connectivity index (χ0v) is 10.6. The van der Waals surface area contributed by atoms with Crippen LogP contribution in [0.3, 0.4) is 0 Å². The third kappa shape index (κ3) is 1.97. The fourth-order valence-corrected chi connectivity index (χ4v) is 2.21. The number of nitrogens with one attached hydrogen (secondary N) is 2. The second-order valence-electron chi connectivity index (χ2n) is 4.52. The largest absolute Gasteiger partial charge is 0.337 e. The van der Waals surface area contributed by atoms with Crippen LogP contribution in [-0.4, -0.2) is 51.1 Å². The number of aromatic amines is 1. The highest BCUT2D eigenvalue weighted by atomic mass is 15.4. The van der Waals surface area contributed by atoms with E-state index in [1.165, 1.54) is 0 Å². The van der Waals surface area contributed by atoms with E-state index in [0.29, 0.717) is 0 Å². The molecule has 3 heterocycles. The second-order valence-corrected chi connectivity index (χ2v) is 4.52. The highest BCUT2D eigenvalue weighted by Gasteiger charge is 2.17. The molecule has 1 saturated heterocycles. The minimum atomic E-state index is 0.773. The number of aryl methyl sites for hydroxylation is 2. The van der Waals surface area contributed by atoms with Gasteiger partial charge in [-0.3, -0.25) is 9.78 Å². The number of nitrogens with zero attached hydrogens (tertiary/aromatic N) is 5. The van der Waals surface area contributed by atoms with Crippen LogP contribution in [0.15, 0.2) is 6.20 Å². The molecule has 7 heteroatoms. The Morgan fingerprint density at radius 1 is 1.28 bits per heavy atom. The van der Waals surface area contributed by atoms with Crippen LogP contribution in [0.4, 0.5) is 5.95 Å². The smallest absolute Gasteiger partial charge is 0.245 e. The third-order valence-corrected chi connectivity index (χ3v) is 3.14. The average Bonchev–Trinajstić information content (AvgIpc) is 2.97. The first-order valence-electron chi connectivity index (χ1n) is 6.13. The molecule has 2 aromatic heterocycles. The molecule has 96 valence electrons. The van der Waals surface area contributed by atoms with Crippen molar-refractivity contribution in [1.29, 1.82) is 0 Å². The lowest BCUT2D eigenvalue weighted by Gasteiger charge is -2.25. The maximum atomic E-state index is 4.56. The average molecular weight is 247 g/mol. The molecule has 7 nitrogen and oxygen atoms in total. The summed E-state index contributed by atoms with van der Waals surface area (Å²) >= 11 is 0. The van der Waals surface area contributed by atoms with Gasteiger partial charge in [-0.05, 0) is 6.92 Å². The first-order valence-corrected chi connectivity index (χ1v) is 6.13. The number of piperazine rings is 1. The molecule has 0 unspecified atom stereocenters. The summed E-state index contributed by atoms with van der Waals surface area (Å²) in [6.07, 6.45) is 1.96. The van der Waals surface area contributed by atoms with Gasteiger partial charge in [0.15, 0.2) is 5.82 Å². The third-order valence-electron chi connectivity index (χ3n) is 3.14. The van der Waals surface area contributed by atoms with Crippen molar-refractivity contribution in [1.82, 2.24) is 30.3 Å². The van der Waals surface area contributed by atoms with E-state index in [9.17, 15) is 0 Å². The van der Waals surface area contributed by atoms with Crippen molar-refractivity contribution in [3.8, 4) is 11.4 Å². The Bertz CT molecular complexity index is 535. The van der Waals surface area contributed by atoms with E-state index in [2.05, 4.69) is 30.5 Å². The van der Waals surface area contributed by atoms with Crippen LogP contribution in [0.25, 0.3) is 11.4 Å². The van der Waals surface area contributed by atoms with Crippen molar-refractivity contribution in [3.63, 3.8) is 0 Å². The number of hydrogen-bond acceptors (Lipinski definition) is 5. The van der Waals surface area contributed by atoms with E-state index in [-0.39, 0.29) is 0 Å². The van der Waals surface area contributed by atoms with Gasteiger partial charge in [-0.2, -0.15) is 10.1 Å². The van der Waals surface area contributed by atoms with Crippen LogP contribution in [-0.2, 0) is 7.05 Å². The van der Waals surface area contributed by atoms with Crippen LogP contribution >= 0.6 is 0 Å². The quantitative estimate of drug-likeness (QED) is 0.776. The van der Waals surface area contributed by atoms with Gasteiger partial charge < -0.3 is 10.2 Å². The summed E-state index contributed by atoms with van der Waals surface area (Å²) < 4.78 is 1.79. The van der Waals surface area contributed by atoms with Crippen LogP contribution in [0, 0.1) is 6.92 Å². The molecule has 0 saturated carbocycles. The number of rotatable bonds is 2. The predicted molar refractivity (Wildman–Crippen MR) is 68.4 cm³/mol. The van der Waals surface area contributed by atoms with E-state index in [4.69, 9.17) is 0 Å². The second kappa shape index (κ2) is 4.41. The first-order chi connectivity index (χ1) is 8.74. The van der Waals surface area contributed by atoms with Crippen molar-refractivity contribution < 1.29 is 0 Å². The normalized spacial score (nSPS) is 16.2. The Labute approximate surface area is 105 Å². The first kappa shape index (κ1) is 11.2. The van der Waals surface area contributed by atoms with Gasteiger partial charge in [-0.25, -0.2) is 0 Å². The number of H-pyrrole nitrogens is 1. The lowest BCUT2D eigenvalue weighted by Crippen LogP contribution is -2.44. The molecule has 2 aromatic rings. The van der Waals surface area contributed by atoms with Crippen molar-refractivity contribution in [3.05, 3.63) is 11.9 Å². The van der Waals surface area contributed by atoms with Gasteiger partial charge in [0.05, 0.1) is 11.3 Å². The topological polar surface area (TPSA) is 74.7 Å². The van der Waals surface area contributed by atoms with Gasteiger partial charge in [-0.15, -0.1) is 5.10 Å². The van der Waals surface area contributed by atoms with Crippen molar-refractivity contribution in [2.45, 2.75) is 6.92 Å². The molecule has 3 rings (SSSR count). The number of aromatic nitrogens is 5. The van der Waals surface area contributed by atoms with Gasteiger partial charge in [0.25, 0.3) is 0 Å². The summed E-state index contributed by atoms with van der Waals surface area (Å²) in [4.78, 5) is 6.74. The maximum absolute atomic E-state index is 4.56. The molecule has 0 aromatic carbocycles. The lowest BCUT2D eigenvalue weighted by molar-refractivity contribution is 0.580. The Kier molecular flexibility index (Phi) is 2.75. The standard InChI is InChI=1S/C11H17N7/c1-8-9(7-17(2)16-8)10-13-11(15-14-10)18-5-3-12-4-6-18/h7,12H,3-6H2,1-2H3,(H,13,14,15). The van der Waals surface area contributed by atoms with E-state index < -0.39 is 0 Å². The summed E-state index contributed by atoms with van der Waals surface area (Å²) in [5.41, 5.74) is 1.96. The van der Waals surface area contributed by atoms with Crippen LogP contribution < -0.4 is 10.2 Å². The molecule has 0 spiro atoms.